The van der Waals surface area contributed by atoms with Gasteiger partial charge in [0, 0.05) is 0 Å². The third kappa shape index (κ3) is 2.39. The number of Topliss-reactive ketones (excluding diaryl/α,β-unsaturated/α-hetero) is 1. The van der Waals surface area contributed by atoms with Gasteiger partial charge in [-0.2, -0.15) is 0 Å². The maximum atomic E-state index is 13.5. The zero-order chi connectivity index (χ0) is 12.5. The summed E-state index contributed by atoms with van der Waals surface area (Å²) in [5, 5.41) is 10.3. The molecule has 1 aromatic rings. The molecule has 17 heavy (non-hydrogen) atoms. The number of hydrogen-bond acceptors (Lipinski definition) is 2. The van der Waals surface area contributed by atoms with Gasteiger partial charge < -0.3 is 5.11 Å². The zero-order valence-electron chi connectivity index (χ0n) is 9.95. The van der Waals surface area contributed by atoms with Gasteiger partial charge in [0.1, 0.15) is 11.4 Å². The zero-order valence-corrected chi connectivity index (χ0v) is 9.95. The molecule has 0 aromatic heterocycles. The van der Waals surface area contributed by atoms with Gasteiger partial charge in [-0.1, -0.05) is 19.1 Å². The Hall–Kier alpha value is -1.22. The van der Waals surface area contributed by atoms with Gasteiger partial charge in [-0.3, -0.25) is 4.79 Å². The number of halogens is 1. The van der Waals surface area contributed by atoms with Crippen LogP contribution in [0.5, 0.6) is 0 Å². The van der Waals surface area contributed by atoms with Crippen molar-refractivity contribution in [3.63, 3.8) is 0 Å². The molecule has 0 amide bonds. The molecule has 0 unspecified atom stereocenters. The monoisotopic (exact) mass is 236 g/mol. The second kappa shape index (κ2) is 4.57. The SMILES string of the molecule is CC1CCC(O)(C(=O)c2ccccc2F)CC1. The summed E-state index contributed by atoms with van der Waals surface area (Å²) >= 11 is 0. The second-order valence-corrected chi connectivity index (χ2v) is 5.02. The van der Waals surface area contributed by atoms with Gasteiger partial charge in [0.25, 0.3) is 0 Å². The maximum Gasteiger partial charge on any atom is 0.197 e. The van der Waals surface area contributed by atoms with Crippen molar-refractivity contribution in [3.05, 3.63) is 35.6 Å². The van der Waals surface area contributed by atoms with Crippen molar-refractivity contribution in [2.75, 3.05) is 0 Å². The molecule has 92 valence electrons. The maximum absolute atomic E-state index is 13.5. The van der Waals surface area contributed by atoms with Crippen LogP contribution >= 0.6 is 0 Å². The van der Waals surface area contributed by atoms with E-state index in [4.69, 9.17) is 0 Å². The summed E-state index contributed by atoms with van der Waals surface area (Å²) in [4.78, 5) is 12.2. The quantitative estimate of drug-likeness (QED) is 0.801. The second-order valence-electron chi connectivity index (χ2n) is 5.02. The average molecular weight is 236 g/mol. The summed E-state index contributed by atoms with van der Waals surface area (Å²) in [7, 11) is 0. The number of carbonyl (C=O) groups is 1. The summed E-state index contributed by atoms with van der Waals surface area (Å²) in [6.45, 7) is 2.10. The van der Waals surface area contributed by atoms with Crippen molar-refractivity contribution in [2.24, 2.45) is 5.92 Å². The van der Waals surface area contributed by atoms with Crippen LogP contribution in [0.25, 0.3) is 0 Å². The highest BCUT2D eigenvalue weighted by Gasteiger charge is 2.40. The minimum atomic E-state index is -1.37. The lowest BCUT2D eigenvalue weighted by Gasteiger charge is -2.33. The highest BCUT2D eigenvalue weighted by Crippen LogP contribution is 2.34. The molecule has 0 aliphatic heterocycles. The fraction of sp³-hybridized carbons (Fsp3) is 0.500. The molecule has 2 nitrogen and oxygen atoms in total. The number of ketones is 1. The van der Waals surface area contributed by atoms with E-state index in [-0.39, 0.29) is 5.56 Å². The van der Waals surface area contributed by atoms with Gasteiger partial charge in [-0.05, 0) is 43.7 Å². The third-order valence-electron chi connectivity index (χ3n) is 3.64. The molecular formula is C14H17FO2. The first kappa shape index (κ1) is 12.2. The summed E-state index contributed by atoms with van der Waals surface area (Å²) < 4.78 is 13.5. The molecule has 2 rings (SSSR count). The van der Waals surface area contributed by atoms with Crippen LogP contribution in [0.15, 0.2) is 24.3 Å². The fourth-order valence-corrected chi connectivity index (χ4v) is 2.36. The molecule has 0 heterocycles. The largest absolute Gasteiger partial charge is 0.382 e. The molecular weight excluding hydrogens is 219 g/mol. The Kier molecular flexibility index (Phi) is 3.29. The van der Waals surface area contributed by atoms with Crippen molar-refractivity contribution in [3.8, 4) is 0 Å². The highest BCUT2D eigenvalue weighted by atomic mass is 19.1. The van der Waals surface area contributed by atoms with Gasteiger partial charge in [0.15, 0.2) is 5.78 Å². The molecule has 3 heteroatoms. The van der Waals surface area contributed by atoms with Crippen LogP contribution in [0.4, 0.5) is 4.39 Å². The van der Waals surface area contributed by atoms with E-state index in [9.17, 15) is 14.3 Å². The van der Waals surface area contributed by atoms with E-state index in [1.54, 1.807) is 12.1 Å². The van der Waals surface area contributed by atoms with Crippen molar-refractivity contribution in [1.82, 2.24) is 0 Å². The van der Waals surface area contributed by atoms with Crippen molar-refractivity contribution in [1.29, 1.82) is 0 Å². The lowest BCUT2D eigenvalue weighted by Crippen LogP contribution is -2.42. The standard InChI is InChI=1S/C14H17FO2/c1-10-6-8-14(17,9-7-10)13(16)11-4-2-3-5-12(11)15/h2-5,10,17H,6-9H2,1H3. The number of rotatable bonds is 2. The normalized spacial score (nSPS) is 29.0. The van der Waals surface area contributed by atoms with E-state index < -0.39 is 17.2 Å². The van der Waals surface area contributed by atoms with Crippen molar-refractivity contribution in [2.45, 2.75) is 38.2 Å². The van der Waals surface area contributed by atoms with E-state index in [1.165, 1.54) is 12.1 Å². The van der Waals surface area contributed by atoms with Crippen LogP contribution in [0, 0.1) is 11.7 Å². The van der Waals surface area contributed by atoms with Gasteiger partial charge in [0.05, 0.1) is 5.56 Å². The first-order valence-corrected chi connectivity index (χ1v) is 6.05. The van der Waals surface area contributed by atoms with E-state index in [2.05, 4.69) is 6.92 Å². The molecule has 0 radical (unpaired) electrons. The predicted octanol–water partition coefficient (Wildman–Crippen LogP) is 2.95. The molecule has 1 aliphatic carbocycles. The van der Waals surface area contributed by atoms with Crippen LogP contribution in [-0.2, 0) is 0 Å². The van der Waals surface area contributed by atoms with Gasteiger partial charge in [-0.15, -0.1) is 0 Å². The van der Waals surface area contributed by atoms with Crippen LogP contribution < -0.4 is 0 Å². The predicted molar refractivity (Wildman–Crippen MR) is 63.3 cm³/mol. The van der Waals surface area contributed by atoms with E-state index in [1.807, 2.05) is 0 Å². The number of carbonyl (C=O) groups excluding carboxylic acids is 1. The van der Waals surface area contributed by atoms with E-state index in [0.717, 1.165) is 12.8 Å². The summed E-state index contributed by atoms with van der Waals surface area (Å²) in [6, 6.07) is 5.85. The lowest BCUT2D eigenvalue weighted by atomic mass is 9.76. The average Bonchev–Trinajstić information content (AvgIpc) is 2.33. The molecule has 1 fully saturated rings. The van der Waals surface area contributed by atoms with E-state index >= 15 is 0 Å². The molecule has 0 atom stereocenters. The van der Waals surface area contributed by atoms with Crippen molar-refractivity contribution < 1.29 is 14.3 Å². The fourth-order valence-electron chi connectivity index (χ4n) is 2.36. The van der Waals surface area contributed by atoms with Crippen LogP contribution in [0.1, 0.15) is 43.0 Å². The minimum absolute atomic E-state index is 0.00422. The molecule has 1 saturated carbocycles. The third-order valence-corrected chi connectivity index (χ3v) is 3.64. The Morgan fingerprint density at radius 1 is 1.35 bits per heavy atom. The van der Waals surface area contributed by atoms with Crippen LogP contribution in [0.2, 0.25) is 0 Å². The lowest BCUT2D eigenvalue weighted by molar-refractivity contribution is 0.00392. The van der Waals surface area contributed by atoms with Gasteiger partial charge in [-0.25, -0.2) is 4.39 Å². The Morgan fingerprint density at radius 2 is 1.94 bits per heavy atom. The summed E-state index contributed by atoms with van der Waals surface area (Å²) in [5.74, 6) is -0.490. The number of benzene rings is 1. The Labute approximate surface area is 100 Å². The Morgan fingerprint density at radius 3 is 2.53 bits per heavy atom. The Bertz CT molecular complexity index is 420. The number of hydrogen-bond donors (Lipinski definition) is 1. The number of aliphatic hydroxyl groups is 1. The summed E-state index contributed by atoms with van der Waals surface area (Å²) in [6.07, 6.45) is 2.50. The highest BCUT2D eigenvalue weighted by molar-refractivity contribution is 6.02. The molecule has 0 spiro atoms. The first-order valence-electron chi connectivity index (χ1n) is 6.05. The van der Waals surface area contributed by atoms with Gasteiger partial charge >= 0.3 is 0 Å². The van der Waals surface area contributed by atoms with Crippen LogP contribution in [0.3, 0.4) is 0 Å². The molecule has 0 bridgehead atoms. The molecule has 1 aliphatic rings. The molecule has 1 aromatic carbocycles. The smallest absolute Gasteiger partial charge is 0.197 e. The molecule has 0 saturated heterocycles. The topological polar surface area (TPSA) is 37.3 Å². The van der Waals surface area contributed by atoms with Crippen LogP contribution in [-0.4, -0.2) is 16.5 Å². The van der Waals surface area contributed by atoms with E-state index in [0.29, 0.717) is 18.8 Å². The summed E-state index contributed by atoms with van der Waals surface area (Å²) in [5.41, 5.74) is -1.36. The molecule has 1 N–H and O–H groups in total. The van der Waals surface area contributed by atoms with Crippen molar-refractivity contribution >= 4 is 5.78 Å². The first-order chi connectivity index (χ1) is 8.03. The Balaban J connectivity index is 2.23. The van der Waals surface area contributed by atoms with Gasteiger partial charge in [0.2, 0.25) is 0 Å². The minimum Gasteiger partial charge on any atom is -0.382 e.